The molecule has 0 amide bonds. The third-order valence-electron chi connectivity index (χ3n) is 2.32. The lowest BCUT2D eigenvalue weighted by atomic mass is 10.2. The van der Waals surface area contributed by atoms with Gasteiger partial charge in [0.15, 0.2) is 0 Å². The van der Waals surface area contributed by atoms with E-state index in [2.05, 4.69) is 40.0 Å². The van der Waals surface area contributed by atoms with Gasteiger partial charge in [0, 0.05) is 0 Å². The fraction of sp³-hybridized carbons (Fsp3) is 0.500. The predicted molar refractivity (Wildman–Crippen MR) is 82.8 cm³/mol. The highest BCUT2D eigenvalue weighted by Gasteiger charge is 2.07. The predicted octanol–water partition coefficient (Wildman–Crippen LogP) is 5.34. The molecule has 0 aliphatic heterocycles. The summed E-state index contributed by atoms with van der Waals surface area (Å²) < 4.78 is 6.68. The first kappa shape index (κ1) is 15.4. The fourth-order valence-corrected chi connectivity index (χ4v) is 3.37. The highest BCUT2D eigenvalue weighted by Crippen LogP contribution is 2.29. The number of aryl methyl sites for hydroxylation is 1. The molecule has 0 atom stereocenters. The van der Waals surface area contributed by atoms with Crippen molar-refractivity contribution in [1.29, 1.82) is 0 Å². The van der Waals surface area contributed by atoms with Crippen LogP contribution < -0.4 is 0 Å². The van der Waals surface area contributed by atoms with Gasteiger partial charge < -0.3 is 4.74 Å². The zero-order valence-electron chi connectivity index (χ0n) is 11.6. The molecule has 0 saturated carbocycles. The summed E-state index contributed by atoms with van der Waals surface area (Å²) in [5, 5.41) is 1.08. The Hall–Kier alpha value is -0.610. The van der Waals surface area contributed by atoms with E-state index in [-0.39, 0.29) is 6.10 Å². The molecule has 2 nitrogen and oxygen atoms in total. The molecule has 0 aliphatic carbocycles. The minimum Gasteiger partial charge on any atom is -0.496 e. The maximum Gasteiger partial charge on any atom is 0.0976 e. The molecule has 1 rings (SSSR count). The lowest BCUT2D eigenvalue weighted by Crippen LogP contribution is -1.99. The molecule has 0 aliphatic rings. The van der Waals surface area contributed by atoms with Crippen molar-refractivity contribution in [3.8, 4) is 0 Å². The Morgan fingerprint density at radius 2 is 2.06 bits per heavy atom. The summed E-state index contributed by atoms with van der Waals surface area (Å²) in [7, 11) is 0. The largest absolute Gasteiger partial charge is 0.496 e. The van der Waals surface area contributed by atoms with Crippen LogP contribution in [0, 0.1) is 6.92 Å². The first-order valence-electron chi connectivity index (χ1n) is 6.03. The summed E-state index contributed by atoms with van der Waals surface area (Å²) in [5.41, 5.74) is 2.24. The number of ether oxygens (including phenoxy) is 1. The lowest BCUT2D eigenvalue weighted by Gasteiger charge is -2.09. The first-order chi connectivity index (χ1) is 8.40. The van der Waals surface area contributed by atoms with Gasteiger partial charge in [-0.2, -0.15) is 0 Å². The van der Waals surface area contributed by atoms with Crippen molar-refractivity contribution in [3.05, 3.63) is 32.4 Å². The van der Waals surface area contributed by atoms with Crippen LogP contribution in [0.1, 0.15) is 44.8 Å². The van der Waals surface area contributed by atoms with Gasteiger partial charge in [0.1, 0.15) is 0 Å². The summed E-state index contributed by atoms with van der Waals surface area (Å²) in [6.45, 7) is 10.2. The minimum absolute atomic E-state index is 0.238. The molecule has 1 heterocycles. The SMILES string of the molecule is C/C(=C\C/C=C(\C)c1nc(C)sc1Br)OC(C)C. The number of halogens is 1. The molecular weight excluding hydrogens is 310 g/mol. The van der Waals surface area contributed by atoms with Crippen LogP contribution in [-0.4, -0.2) is 11.1 Å². The van der Waals surface area contributed by atoms with Crippen LogP contribution in [0.3, 0.4) is 0 Å². The highest BCUT2D eigenvalue weighted by atomic mass is 79.9. The molecule has 0 aromatic carbocycles. The van der Waals surface area contributed by atoms with Crippen LogP contribution in [0.2, 0.25) is 0 Å². The molecule has 0 N–H and O–H groups in total. The van der Waals surface area contributed by atoms with Gasteiger partial charge in [-0.15, -0.1) is 11.3 Å². The van der Waals surface area contributed by atoms with Gasteiger partial charge in [-0.1, -0.05) is 6.08 Å². The van der Waals surface area contributed by atoms with Crippen LogP contribution in [0.25, 0.3) is 5.57 Å². The van der Waals surface area contributed by atoms with E-state index in [1.165, 1.54) is 5.57 Å². The maximum atomic E-state index is 5.57. The second-order valence-corrected chi connectivity index (χ2v) is 6.98. The van der Waals surface area contributed by atoms with Crippen LogP contribution in [-0.2, 0) is 4.74 Å². The molecule has 0 spiro atoms. The van der Waals surface area contributed by atoms with Gasteiger partial charge >= 0.3 is 0 Å². The Bertz CT molecular complexity index is 460. The van der Waals surface area contributed by atoms with Crippen molar-refractivity contribution in [1.82, 2.24) is 4.98 Å². The molecule has 1 aromatic heterocycles. The molecule has 0 saturated heterocycles. The normalized spacial score (nSPS) is 13.3. The van der Waals surface area contributed by atoms with E-state index in [1.54, 1.807) is 11.3 Å². The minimum atomic E-state index is 0.238. The number of allylic oxidation sites excluding steroid dienone is 4. The Morgan fingerprint density at radius 3 is 2.56 bits per heavy atom. The molecule has 1 aromatic rings. The zero-order chi connectivity index (χ0) is 13.7. The van der Waals surface area contributed by atoms with Crippen LogP contribution in [0.4, 0.5) is 0 Å². The topological polar surface area (TPSA) is 22.1 Å². The summed E-state index contributed by atoms with van der Waals surface area (Å²) in [6, 6.07) is 0. The third kappa shape index (κ3) is 4.94. The fourth-order valence-electron chi connectivity index (χ4n) is 1.56. The summed E-state index contributed by atoms with van der Waals surface area (Å²) in [6.07, 6.45) is 5.37. The molecular formula is C14H20BrNOS. The van der Waals surface area contributed by atoms with E-state index >= 15 is 0 Å². The van der Waals surface area contributed by atoms with Gasteiger partial charge in [0.25, 0.3) is 0 Å². The molecule has 0 fully saturated rings. The van der Waals surface area contributed by atoms with E-state index in [1.807, 2.05) is 27.7 Å². The molecule has 0 radical (unpaired) electrons. The number of thiazole rings is 1. The smallest absolute Gasteiger partial charge is 0.0976 e. The Labute approximate surface area is 122 Å². The number of aromatic nitrogens is 1. The average molecular weight is 330 g/mol. The summed E-state index contributed by atoms with van der Waals surface area (Å²) in [5.74, 6) is 0.975. The second kappa shape index (κ2) is 7.10. The Balaban J connectivity index is 2.65. The Morgan fingerprint density at radius 1 is 1.39 bits per heavy atom. The van der Waals surface area contributed by atoms with Gasteiger partial charge in [0.05, 0.1) is 26.4 Å². The average Bonchev–Trinajstić information content (AvgIpc) is 2.56. The van der Waals surface area contributed by atoms with E-state index in [0.717, 1.165) is 26.7 Å². The molecule has 18 heavy (non-hydrogen) atoms. The summed E-state index contributed by atoms with van der Waals surface area (Å²) >= 11 is 5.22. The molecule has 100 valence electrons. The standard InChI is InChI=1S/C14H20BrNOS/c1-9(2)17-11(4)8-6-7-10(3)13-14(15)18-12(5)16-13/h7-9H,6H2,1-5H3/b10-7+,11-8+. The van der Waals surface area contributed by atoms with E-state index in [4.69, 9.17) is 4.74 Å². The van der Waals surface area contributed by atoms with Crippen LogP contribution in [0.15, 0.2) is 21.7 Å². The van der Waals surface area contributed by atoms with Crippen molar-refractivity contribution in [2.75, 3.05) is 0 Å². The number of rotatable bonds is 5. The monoisotopic (exact) mass is 329 g/mol. The maximum absolute atomic E-state index is 5.57. The third-order valence-corrected chi connectivity index (χ3v) is 3.94. The van der Waals surface area contributed by atoms with E-state index < -0.39 is 0 Å². The molecule has 0 unspecified atom stereocenters. The summed E-state index contributed by atoms with van der Waals surface area (Å²) in [4.78, 5) is 4.51. The van der Waals surface area contributed by atoms with Gasteiger partial charge in [-0.25, -0.2) is 4.98 Å². The highest BCUT2D eigenvalue weighted by molar-refractivity contribution is 9.11. The number of hydrogen-bond donors (Lipinski definition) is 0. The van der Waals surface area contributed by atoms with Crippen molar-refractivity contribution in [2.24, 2.45) is 0 Å². The quantitative estimate of drug-likeness (QED) is 0.680. The van der Waals surface area contributed by atoms with Crippen LogP contribution in [0.5, 0.6) is 0 Å². The van der Waals surface area contributed by atoms with Crippen molar-refractivity contribution >= 4 is 32.8 Å². The molecule has 4 heteroatoms. The van der Waals surface area contributed by atoms with Crippen molar-refractivity contribution in [2.45, 2.75) is 47.1 Å². The zero-order valence-corrected chi connectivity index (χ0v) is 14.0. The van der Waals surface area contributed by atoms with Crippen molar-refractivity contribution < 1.29 is 4.74 Å². The second-order valence-electron chi connectivity index (χ2n) is 4.46. The van der Waals surface area contributed by atoms with Gasteiger partial charge in [-0.05, 0) is 68.6 Å². The number of hydrogen-bond acceptors (Lipinski definition) is 3. The van der Waals surface area contributed by atoms with E-state index in [0.29, 0.717) is 0 Å². The van der Waals surface area contributed by atoms with Crippen molar-refractivity contribution in [3.63, 3.8) is 0 Å². The Kier molecular flexibility index (Phi) is 6.09. The number of nitrogens with zero attached hydrogens (tertiary/aromatic N) is 1. The van der Waals surface area contributed by atoms with Gasteiger partial charge in [-0.3, -0.25) is 0 Å². The molecule has 0 bridgehead atoms. The first-order valence-corrected chi connectivity index (χ1v) is 7.64. The van der Waals surface area contributed by atoms with E-state index in [9.17, 15) is 0 Å². The van der Waals surface area contributed by atoms with Crippen LogP contribution >= 0.6 is 27.3 Å². The lowest BCUT2D eigenvalue weighted by molar-refractivity contribution is 0.148. The van der Waals surface area contributed by atoms with Gasteiger partial charge in [0.2, 0.25) is 0 Å².